The Balaban J connectivity index is 2.44. The predicted molar refractivity (Wildman–Crippen MR) is 105 cm³/mol. The van der Waals surface area contributed by atoms with Crippen LogP contribution in [0.1, 0.15) is 0 Å². The molecule has 0 atom stereocenters. The molecule has 0 bridgehead atoms. The molecule has 1 aromatic heterocycles. The zero-order valence-corrected chi connectivity index (χ0v) is 16.0. The van der Waals surface area contributed by atoms with Crippen molar-refractivity contribution in [3.8, 4) is 0 Å². The maximum atomic E-state index is 12.6. The number of nitro benzene ring substituents is 1. The number of nitrogens with zero attached hydrogens (tertiary/aromatic N) is 3. The van der Waals surface area contributed by atoms with E-state index in [9.17, 15) is 19.7 Å². The van der Waals surface area contributed by atoms with Gasteiger partial charge in [0.2, 0.25) is 0 Å². The highest BCUT2D eigenvalue weighted by Gasteiger charge is 2.33. The van der Waals surface area contributed by atoms with Crippen molar-refractivity contribution >= 4 is 45.7 Å². The van der Waals surface area contributed by atoms with E-state index in [1.807, 2.05) is 0 Å². The second kappa shape index (κ2) is 8.11. The van der Waals surface area contributed by atoms with E-state index in [1.165, 1.54) is 47.8 Å². The third-order valence-electron chi connectivity index (χ3n) is 4.17. The number of benzene rings is 1. The lowest BCUT2D eigenvalue weighted by Crippen LogP contribution is -2.27. The maximum absolute atomic E-state index is 12.6. The van der Waals surface area contributed by atoms with E-state index in [4.69, 9.17) is 21.1 Å². The summed E-state index contributed by atoms with van der Waals surface area (Å²) < 4.78 is 9.59. The number of methoxy groups -OCH3 is 2. The van der Waals surface area contributed by atoms with Crippen LogP contribution in [0.3, 0.4) is 0 Å². The van der Waals surface area contributed by atoms with Gasteiger partial charge in [-0.2, -0.15) is 0 Å². The molecule has 1 aliphatic rings. The highest BCUT2D eigenvalue weighted by atomic mass is 35.5. The molecule has 0 N–H and O–H groups in total. The van der Waals surface area contributed by atoms with Gasteiger partial charge < -0.3 is 14.4 Å². The molecule has 10 heteroatoms. The first-order valence-electron chi connectivity index (χ1n) is 8.16. The summed E-state index contributed by atoms with van der Waals surface area (Å²) in [7, 11) is 2.29. The summed E-state index contributed by atoms with van der Waals surface area (Å²) in [6, 6.07) is 2.77. The van der Waals surface area contributed by atoms with Crippen molar-refractivity contribution in [1.82, 2.24) is 4.98 Å². The molecule has 0 fully saturated rings. The van der Waals surface area contributed by atoms with Gasteiger partial charge in [-0.25, -0.2) is 9.59 Å². The van der Waals surface area contributed by atoms with Crippen LogP contribution in [0.15, 0.2) is 60.2 Å². The monoisotopic (exact) mass is 415 g/mol. The number of anilines is 1. The number of ether oxygens (including phenoxy) is 2. The van der Waals surface area contributed by atoms with Gasteiger partial charge in [-0.15, -0.1) is 0 Å². The molecule has 1 aliphatic heterocycles. The zero-order chi connectivity index (χ0) is 21.1. The quantitative estimate of drug-likeness (QED) is 0.424. The van der Waals surface area contributed by atoms with Crippen LogP contribution in [0.2, 0.25) is 5.02 Å². The highest BCUT2D eigenvalue weighted by molar-refractivity contribution is 6.36. The number of hydrogen-bond acceptors (Lipinski definition) is 8. The van der Waals surface area contributed by atoms with Crippen molar-refractivity contribution in [2.45, 2.75) is 0 Å². The first-order valence-corrected chi connectivity index (χ1v) is 8.54. The number of fused-ring (bicyclic) bond motifs is 1. The summed E-state index contributed by atoms with van der Waals surface area (Å²) in [5.74, 6) is -1.70. The summed E-state index contributed by atoms with van der Waals surface area (Å²) in [5.41, 5.74) is -0.762. The molecular formula is C19H14ClN3O6. The third-order valence-corrected chi connectivity index (χ3v) is 4.48. The van der Waals surface area contributed by atoms with Crippen LogP contribution < -0.4 is 4.90 Å². The Bertz CT molecular complexity index is 1120. The lowest BCUT2D eigenvalue weighted by atomic mass is 10.1. The Kier molecular flexibility index (Phi) is 5.60. The second-order valence-electron chi connectivity index (χ2n) is 5.72. The van der Waals surface area contributed by atoms with Crippen LogP contribution in [-0.4, -0.2) is 36.1 Å². The van der Waals surface area contributed by atoms with Gasteiger partial charge in [0.1, 0.15) is 11.4 Å². The molecule has 1 aromatic carbocycles. The average Bonchev–Trinajstić information content (AvgIpc) is 2.95. The minimum Gasteiger partial charge on any atom is -0.465 e. The maximum Gasteiger partial charge on any atom is 0.355 e. The number of esters is 2. The Morgan fingerprint density at radius 1 is 1.17 bits per heavy atom. The fraction of sp³-hybridized carbons (Fsp3) is 0.105. The SMILES string of the molecule is COC(=O)C1=C(C(=O)OC)N(c2c([N+](=O)[O-])cc(Cl)c3ccncc23)C=CC=C1. The van der Waals surface area contributed by atoms with Crippen LogP contribution in [0.4, 0.5) is 11.4 Å². The fourth-order valence-electron chi connectivity index (χ4n) is 2.92. The highest BCUT2D eigenvalue weighted by Crippen LogP contribution is 2.42. The number of halogens is 1. The smallest absolute Gasteiger partial charge is 0.355 e. The predicted octanol–water partition coefficient (Wildman–Crippen LogP) is 3.29. The molecule has 148 valence electrons. The number of allylic oxidation sites excluding steroid dienone is 2. The molecule has 0 saturated carbocycles. The molecule has 3 rings (SSSR count). The lowest BCUT2D eigenvalue weighted by Gasteiger charge is -2.24. The van der Waals surface area contributed by atoms with E-state index in [1.54, 1.807) is 6.07 Å². The molecule has 2 aromatic rings. The van der Waals surface area contributed by atoms with E-state index < -0.39 is 16.9 Å². The van der Waals surface area contributed by atoms with Gasteiger partial charge in [-0.3, -0.25) is 15.1 Å². The number of hydrogen-bond donors (Lipinski definition) is 0. The first-order chi connectivity index (χ1) is 13.9. The van der Waals surface area contributed by atoms with Crippen LogP contribution in [-0.2, 0) is 19.1 Å². The summed E-state index contributed by atoms with van der Waals surface area (Å²) in [6.45, 7) is 0. The minimum atomic E-state index is -0.886. The molecule has 0 aliphatic carbocycles. The largest absolute Gasteiger partial charge is 0.465 e. The van der Waals surface area contributed by atoms with Crippen LogP contribution >= 0.6 is 11.6 Å². The summed E-state index contributed by atoms with van der Waals surface area (Å²) in [5, 5.41) is 12.7. The first kappa shape index (κ1) is 20.0. The molecule has 0 radical (unpaired) electrons. The van der Waals surface area contributed by atoms with Crippen molar-refractivity contribution in [1.29, 1.82) is 0 Å². The van der Waals surface area contributed by atoms with E-state index in [0.29, 0.717) is 10.8 Å². The molecule has 29 heavy (non-hydrogen) atoms. The number of aromatic nitrogens is 1. The lowest BCUT2D eigenvalue weighted by molar-refractivity contribution is -0.383. The third kappa shape index (κ3) is 3.55. The molecule has 0 amide bonds. The van der Waals surface area contributed by atoms with Crippen molar-refractivity contribution in [3.05, 3.63) is 75.4 Å². The van der Waals surface area contributed by atoms with Gasteiger partial charge in [0.25, 0.3) is 5.69 Å². The Labute approximate surface area is 169 Å². The molecule has 0 unspecified atom stereocenters. The Morgan fingerprint density at radius 3 is 2.55 bits per heavy atom. The number of pyridine rings is 1. The fourth-order valence-corrected chi connectivity index (χ4v) is 3.19. The van der Waals surface area contributed by atoms with Gasteiger partial charge in [0, 0.05) is 35.4 Å². The molecule has 9 nitrogen and oxygen atoms in total. The van der Waals surface area contributed by atoms with Gasteiger partial charge in [-0.1, -0.05) is 17.7 Å². The molecule has 0 saturated heterocycles. The Morgan fingerprint density at radius 2 is 1.90 bits per heavy atom. The van der Waals surface area contributed by atoms with Crippen molar-refractivity contribution in [2.24, 2.45) is 0 Å². The molecular weight excluding hydrogens is 402 g/mol. The summed E-state index contributed by atoms with van der Waals surface area (Å²) >= 11 is 6.22. The van der Waals surface area contributed by atoms with E-state index in [2.05, 4.69) is 4.98 Å². The normalized spacial score (nSPS) is 13.4. The zero-order valence-electron chi connectivity index (χ0n) is 15.3. The van der Waals surface area contributed by atoms with Crippen LogP contribution in [0.5, 0.6) is 0 Å². The summed E-state index contributed by atoms with van der Waals surface area (Å²) in [6.07, 6.45) is 8.65. The Hall–Kier alpha value is -3.72. The van der Waals surface area contributed by atoms with Gasteiger partial charge >= 0.3 is 11.9 Å². The van der Waals surface area contributed by atoms with Gasteiger partial charge in [0.05, 0.1) is 29.7 Å². The molecule has 2 heterocycles. The van der Waals surface area contributed by atoms with E-state index >= 15 is 0 Å². The average molecular weight is 416 g/mol. The number of rotatable bonds is 4. The van der Waals surface area contributed by atoms with E-state index in [-0.39, 0.29) is 27.7 Å². The van der Waals surface area contributed by atoms with Crippen molar-refractivity contribution < 1.29 is 24.0 Å². The van der Waals surface area contributed by atoms with Crippen LogP contribution in [0.25, 0.3) is 10.8 Å². The topological polar surface area (TPSA) is 112 Å². The number of carbonyl (C=O) groups excluding carboxylic acids is 2. The summed E-state index contributed by atoms with van der Waals surface area (Å²) in [4.78, 5) is 41.3. The van der Waals surface area contributed by atoms with Crippen LogP contribution in [0, 0.1) is 10.1 Å². The van der Waals surface area contributed by atoms with Crippen molar-refractivity contribution in [3.63, 3.8) is 0 Å². The standard InChI is InChI=1S/C19H14ClN3O6/c1-28-18(24)12-5-3-4-8-22(17(12)19(25)29-2)16-13-10-21-7-6-11(13)14(20)9-15(16)23(26)27/h3-10H,1-2H3. The van der Waals surface area contributed by atoms with Crippen molar-refractivity contribution in [2.75, 3.05) is 19.1 Å². The van der Waals surface area contributed by atoms with Gasteiger partial charge in [-0.05, 0) is 18.2 Å². The minimum absolute atomic E-state index is 0.00394. The van der Waals surface area contributed by atoms with Gasteiger partial charge in [0.15, 0.2) is 0 Å². The second-order valence-corrected chi connectivity index (χ2v) is 6.13. The molecule has 0 spiro atoms. The number of nitro groups is 1. The number of carbonyl (C=O) groups is 2. The van der Waals surface area contributed by atoms with E-state index in [0.717, 1.165) is 14.2 Å².